The van der Waals surface area contributed by atoms with Gasteiger partial charge in [0.2, 0.25) is 0 Å². The highest BCUT2D eigenvalue weighted by atomic mass is 16.4. The Kier molecular flexibility index (Phi) is 3.98. The third-order valence-corrected chi connectivity index (χ3v) is 2.99. The molecule has 3 N–H and O–H groups in total. The van der Waals surface area contributed by atoms with Crippen molar-refractivity contribution in [1.29, 1.82) is 0 Å². The Morgan fingerprint density at radius 2 is 2.00 bits per heavy atom. The van der Waals surface area contributed by atoms with E-state index >= 15 is 0 Å². The molecular formula is C11H20N2O4. The predicted octanol–water partition coefficient (Wildman–Crippen LogP) is 0.262. The molecule has 2 atom stereocenters. The van der Waals surface area contributed by atoms with Crippen LogP contribution in [-0.2, 0) is 4.79 Å². The number of urea groups is 1. The second-order valence-corrected chi connectivity index (χ2v) is 5.34. The quantitative estimate of drug-likeness (QED) is 0.664. The number of aliphatic carboxylic acids is 1. The number of aliphatic hydroxyl groups is 1. The third kappa shape index (κ3) is 3.59. The topological polar surface area (TPSA) is 89.9 Å². The Morgan fingerprint density at radius 3 is 2.35 bits per heavy atom. The zero-order valence-corrected chi connectivity index (χ0v) is 10.4. The highest BCUT2D eigenvalue weighted by Crippen LogP contribution is 2.28. The summed E-state index contributed by atoms with van der Waals surface area (Å²) in [4.78, 5) is 24.2. The number of hydrogen-bond acceptors (Lipinski definition) is 3. The van der Waals surface area contributed by atoms with Crippen molar-refractivity contribution in [2.75, 3.05) is 13.1 Å². The maximum absolute atomic E-state index is 11.8. The van der Waals surface area contributed by atoms with Gasteiger partial charge in [0.25, 0.3) is 0 Å². The molecule has 0 saturated carbocycles. The van der Waals surface area contributed by atoms with Gasteiger partial charge in [-0.25, -0.2) is 9.59 Å². The summed E-state index contributed by atoms with van der Waals surface area (Å²) in [5, 5.41) is 20.4. The molecule has 1 aliphatic rings. The van der Waals surface area contributed by atoms with Gasteiger partial charge in [-0.2, -0.15) is 0 Å². The standard InChI is InChI=1S/C11H20N2O4/c1-7(14)8(9(15)16)12-10(17)13-5-4-11(2,3)6-13/h7-8,14H,4-6H2,1-3H3,(H,12,17)(H,15,16). The van der Waals surface area contributed by atoms with Crippen molar-refractivity contribution in [3.05, 3.63) is 0 Å². The lowest BCUT2D eigenvalue weighted by molar-refractivity contribution is -0.141. The van der Waals surface area contributed by atoms with E-state index < -0.39 is 24.1 Å². The molecular weight excluding hydrogens is 224 g/mol. The summed E-state index contributed by atoms with van der Waals surface area (Å²) < 4.78 is 0. The number of amides is 2. The van der Waals surface area contributed by atoms with Crippen molar-refractivity contribution in [2.45, 2.75) is 39.3 Å². The van der Waals surface area contributed by atoms with Crippen LogP contribution >= 0.6 is 0 Å². The Balaban J connectivity index is 2.57. The molecule has 0 bridgehead atoms. The molecule has 0 radical (unpaired) electrons. The fourth-order valence-electron chi connectivity index (χ4n) is 1.90. The maximum atomic E-state index is 11.8. The van der Waals surface area contributed by atoms with E-state index in [9.17, 15) is 14.7 Å². The van der Waals surface area contributed by atoms with Crippen LogP contribution in [0.4, 0.5) is 4.79 Å². The smallest absolute Gasteiger partial charge is 0.328 e. The summed E-state index contributed by atoms with van der Waals surface area (Å²) in [7, 11) is 0. The summed E-state index contributed by atoms with van der Waals surface area (Å²) in [5.41, 5.74) is 0.0703. The van der Waals surface area contributed by atoms with Crippen LogP contribution in [-0.4, -0.2) is 52.3 Å². The van der Waals surface area contributed by atoms with Crippen LogP contribution in [0.3, 0.4) is 0 Å². The Labute approximate surface area is 101 Å². The molecule has 0 aromatic heterocycles. The number of carbonyl (C=O) groups is 2. The number of carboxylic acid groups (broad SMARTS) is 1. The average Bonchev–Trinajstić information content (AvgIpc) is 2.53. The zero-order valence-electron chi connectivity index (χ0n) is 10.4. The Bertz CT molecular complexity index is 315. The second-order valence-electron chi connectivity index (χ2n) is 5.34. The molecule has 6 nitrogen and oxygen atoms in total. The second kappa shape index (κ2) is 4.91. The molecule has 98 valence electrons. The molecule has 0 aromatic carbocycles. The normalized spacial score (nSPS) is 22.0. The van der Waals surface area contributed by atoms with E-state index in [0.717, 1.165) is 6.42 Å². The summed E-state index contributed by atoms with van der Waals surface area (Å²) in [6.07, 6.45) is -0.223. The summed E-state index contributed by atoms with van der Waals surface area (Å²) in [5.74, 6) is -1.23. The summed E-state index contributed by atoms with van der Waals surface area (Å²) in [6.45, 7) is 6.68. The van der Waals surface area contributed by atoms with Gasteiger partial charge in [0, 0.05) is 13.1 Å². The minimum atomic E-state index is -1.26. The van der Waals surface area contributed by atoms with E-state index in [4.69, 9.17) is 5.11 Å². The number of carbonyl (C=O) groups excluding carboxylic acids is 1. The van der Waals surface area contributed by atoms with Crippen molar-refractivity contribution in [2.24, 2.45) is 5.41 Å². The van der Waals surface area contributed by atoms with Crippen LogP contribution in [0.2, 0.25) is 0 Å². The van der Waals surface area contributed by atoms with Crippen LogP contribution in [0.1, 0.15) is 27.2 Å². The van der Waals surface area contributed by atoms with Crippen molar-refractivity contribution in [3.63, 3.8) is 0 Å². The molecule has 1 aliphatic heterocycles. The first-order valence-corrected chi connectivity index (χ1v) is 5.69. The number of carboxylic acids is 1. The fourth-order valence-corrected chi connectivity index (χ4v) is 1.90. The van der Waals surface area contributed by atoms with Crippen LogP contribution in [0.25, 0.3) is 0 Å². The third-order valence-electron chi connectivity index (χ3n) is 2.99. The first-order valence-electron chi connectivity index (χ1n) is 5.69. The van der Waals surface area contributed by atoms with Gasteiger partial charge < -0.3 is 20.4 Å². The lowest BCUT2D eigenvalue weighted by Crippen LogP contribution is -2.52. The van der Waals surface area contributed by atoms with Gasteiger partial charge in [0.15, 0.2) is 6.04 Å². The largest absolute Gasteiger partial charge is 0.480 e. The molecule has 0 aliphatic carbocycles. The van der Waals surface area contributed by atoms with Gasteiger partial charge in [0.05, 0.1) is 6.10 Å². The van der Waals surface area contributed by atoms with Crippen LogP contribution < -0.4 is 5.32 Å². The van der Waals surface area contributed by atoms with Gasteiger partial charge in [-0.3, -0.25) is 0 Å². The van der Waals surface area contributed by atoms with E-state index in [2.05, 4.69) is 19.2 Å². The molecule has 0 aromatic rings. The number of hydrogen-bond donors (Lipinski definition) is 3. The van der Waals surface area contributed by atoms with Gasteiger partial charge in [-0.1, -0.05) is 13.8 Å². The van der Waals surface area contributed by atoms with Gasteiger partial charge in [-0.15, -0.1) is 0 Å². The van der Waals surface area contributed by atoms with Crippen LogP contribution in [0, 0.1) is 5.41 Å². The van der Waals surface area contributed by atoms with Gasteiger partial charge in [0.1, 0.15) is 0 Å². The minimum absolute atomic E-state index is 0.0703. The Morgan fingerprint density at radius 1 is 1.41 bits per heavy atom. The lowest BCUT2D eigenvalue weighted by Gasteiger charge is -2.23. The first kappa shape index (κ1) is 13.8. The van der Waals surface area contributed by atoms with E-state index in [1.807, 2.05) is 0 Å². The molecule has 1 heterocycles. The summed E-state index contributed by atoms with van der Waals surface area (Å²) >= 11 is 0. The average molecular weight is 244 g/mol. The zero-order chi connectivity index (χ0) is 13.2. The highest BCUT2D eigenvalue weighted by molar-refractivity contribution is 5.83. The molecule has 2 unspecified atom stereocenters. The van der Waals surface area contributed by atoms with Crippen molar-refractivity contribution in [1.82, 2.24) is 10.2 Å². The number of likely N-dealkylation sites (tertiary alicyclic amines) is 1. The van der Waals surface area contributed by atoms with E-state index in [0.29, 0.717) is 13.1 Å². The lowest BCUT2D eigenvalue weighted by atomic mass is 9.93. The van der Waals surface area contributed by atoms with Crippen LogP contribution in [0.15, 0.2) is 0 Å². The first-order chi connectivity index (χ1) is 7.73. The monoisotopic (exact) mass is 244 g/mol. The summed E-state index contributed by atoms with van der Waals surface area (Å²) in [6, 6.07) is -1.69. The van der Waals surface area contributed by atoms with E-state index in [1.165, 1.54) is 6.92 Å². The number of aliphatic hydroxyl groups excluding tert-OH is 1. The van der Waals surface area contributed by atoms with Gasteiger partial charge in [-0.05, 0) is 18.8 Å². The molecule has 1 rings (SSSR count). The molecule has 6 heteroatoms. The minimum Gasteiger partial charge on any atom is -0.480 e. The number of nitrogens with one attached hydrogen (secondary N) is 1. The van der Waals surface area contributed by atoms with E-state index in [-0.39, 0.29) is 5.41 Å². The predicted molar refractivity (Wildman–Crippen MR) is 61.6 cm³/mol. The molecule has 1 saturated heterocycles. The highest BCUT2D eigenvalue weighted by Gasteiger charge is 2.34. The van der Waals surface area contributed by atoms with E-state index in [1.54, 1.807) is 4.90 Å². The van der Waals surface area contributed by atoms with Gasteiger partial charge >= 0.3 is 12.0 Å². The SMILES string of the molecule is CC(O)C(NC(=O)N1CCC(C)(C)C1)C(=O)O. The molecule has 1 fully saturated rings. The maximum Gasteiger partial charge on any atom is 0.328 e. The van der Waals surface area contributed by atoms with Crippen LogP contribution in [0.5, 0.6) is 0 Å². The molecule has 0 spiro atoms. The Hall–Kier alpha value is -1.30. The fraction of sp³-hybridized carbons (Fsp3) is 0.818. The van der Waals surface area contributed by atoms with Crippen molar-refractivity contribution < 1.29 is 19.8 Å². The van der Waals surface area contributed by atoms with Crippen molar-refractivity contribution in [3.8, 4) is 0 Å². The number of nitrogens with zero attached hydrogens (tertiary/aromatic N) is 1. The van der Waals surface area contributed by atoms with Crippen molar-refractivity contribution >= 4 is 12.0 Å². The number of rotatable bonds is 3. The molecule has 2 amide bonds. The molecule has 17 heavy (non-hydrogen) atoms.